The van der Waals surface area contributed by atoms with Crippen molar-refractivity contribution in [3.63, 3.8) is 0 Å². The Bertz CT molecular complexity index is 587. The van der Waals surface area contributed by atoms with Crippen LogP contribution in [-0.4, -0.2) is 66.7 Å². The zero-order chi connectivity index (χ0) is 21.5. The predicted octanol–water partition coefficient (Wildman–Crippen LogP) is 1.21. The van der Waals surface area contributed by atoms with Gasteiger partial charge in [-0.3, -0.25) is 14.5 Å². The van der Waals surface area contributed by atoms with Crippen LogP contribution in [0, 0.1) is 5.92 Å². The van der Waals surface area contributed by atoms with Crippen molar-refractivity contribution in [2.45, 2.75) is 71.6 Å². The van der Waals surface area contributed by atoms with E-state index >= 15 is 0 Å². The van der Waals surface area contributed by atoms with Crippen LogP contribution in [0.15, 0.2) is 0 Å². The van der Waals surface area contributed by atoms with Gasteiger partial charge in [-0.25, -0.2) is 9.59 Å². The van der Waals surface area contributed by atoms with Crippen molar-refractivity contribution >= 4 is 23.9 Å². The van der Waals surface area contributed by atoms with Crippen LogP contribution >= 0.6 is 0 Å². The smallest absolute Gasteiger partial charge is 0.411 e. The van der Waals surface area contributed by atoms with Crippen molar-refractivity contribution in [1.29, 1.82) is 0 Å². The van der Waals surface area contributed by atoms with E-state index < -0.39 is 42.1 Å². The fourth-order valence-corrected chi connectivity index (χ4v) is 3.02. The van der Waals surface area contributed by atoms with E-state index in [4.69, 9.17) is 9.47 Å². The van der Waals surface area contributed by atoms with Crippen molar-refractivity contribution in [1.82, 2.24) is 15.5 Å². The third-order valence-corrected chi connectivity index (χ3v) is 4.55. The second-order valence-corrected chi connectivity index (χ2v) is 7.92. The van der Waals surface area contributed by atoms with Crippen molar-refractivity contribution in [2.24, 2.45) is 5.92 Å². The van der Waals surface area contributed by atoms with E-state index in [-0.39, 0.29) is 11.9 Å². The summed E-state index contributed by atoms with van der Waals surface area (Å²) < 4.78 is 10.4. The minimum Gasteiger partial charge on any atom is -0.454 e. The molecule has 0 aromatic rings. The fraction of sp³-hybridized carbons (Fsp3) is 0.789. The third-order valence-electron chi connectivity index (χ3n) is 4.55. The van der Waals surface area contributed by atoms with Crippen molar-refractivity contribution in [3.8, 4) is 0 Å². The SMILES string of the molecule is CC[C@@H](NC(=O)COC(=O)[C@@H]1CCCN1C(=O)OC(C)(C)C)[C@H](C)C(=O)NC. The first kappa shape index (κ1) is 23.7. The Morgan fingerprint density at radius 3 is 2.39 bits per heavy atom. The van der Waals surface area contributed by atoms with Crippen LogP contribution in [0.2, 0.25) is 0 Å². The normalized spacial score (nSPS) is 18.8. The molecule has 0 bridgehead atoms. The van der Waals surface area contributed by atoms with Crippen LogP contribution in [0.4, 0.5) is 4.79 Å². The van der Waals surface area contributed by atoms with Crippen LogP contribution in [0.5, 0.6) is 0 Å². The monoisotopic (exact) mass is 399 g/mol. The largest absolute Gasteiger partial charge is 0.454 e. The predicted molar refractivity (Wildman–Crippen MR) is 102 cm³/mol. The molecule has 1 heterocycles. The van der Waals surface area contributed by atoms with Crippen molar-refractivity contribution in [3.05, 3.63) is 0 Å². The number of rotatable bonds is 7. The number of carbonyl (C=O) groups is 4. The van der Waals surface area contributed by atoms with E-state index in [1.165, 1.54) is 11.9 Å². The van der Waals surface area contributed by atoms with Gasteiger partial charge in [0.15, 0.2) is 6.61 Å². The Morgan fingerprint density at radius 2 is 1.86 bits per heavy atom. The molecule has 28 heavy (non-hydrogen) atoms. The van der Waals surface area contributed by atoms with Gasteiger partial charge in [-0.05, 0) is 40.0 Å². The summed E-state index contributed by atoms with van der Waals surface area (Å²) in [7, 11) is 1.53. The number of hydrogen-bond acceptors (Lipinski definition) is 6. The molecule has 9 nitrogen and oxygen atoms in total. The highest BCUT2D eigenvalue weighted by Crippen LogP contribution is 2.21. The molecule has 1 rings (SSSR count). The lowest BCUT2D eigenvalue weighted by Crippen LogP contribution is -2.47. The summed E-state index contributed by atoms with van der Waals surface area (Å²) in [5, 5.41) is 5.26. The highest BCUT2D eigenvalue weighted by atomic mass is 16.6. The summed E-state index contributed by atoms with van der Waals surface area (Å²) in [5.41, 5.74) is -0.662. The number of likely N-dealkylation sites (tertiary alicyclic amines) is 1. The Kier molecular flexibility index (Phi) is 8.71. The number of nitrogens with one attached hydrogen (secondary N) is 2. The van der Waals surface area contributed by atoms with Crippen molar-refractivity contribution < 1.29 is 28.7 Å². The summed E-state index contributed by atoms with van der Waals surface area (Å²) in [4.78, 5) is 49.8. The number of hydrogen-bond donors (Lipinski definition) is 2. The molecule has 1 aliphatic heterocycles. The minimum absolute atomic E-state index is 0.178. The molecule has 160 valence electrons. The fourth-order valence-electron chi connectivity index (χ4n) is 3.02. The Morgan fingerprint density at radius 1 is 1.21 bits per heavy atom. The summed E-state index contributed by atoms with van der Waals surface area (Å²) in [6.45, 7) is 8.77. The van der Waals surface area contributed by atoms with Gasteiger partial charge in [-0.15, -0.1) is 0 Å². The lowest BCUT2D eigenvalue weighted by Gasteiger charge is -2.27. The molecule has 9 heteroatoms. The van der Waals surface area contributed by atoms with Gasteiger partial charge < -0.3 is 20.1 Å². The zero-order valence-corrected chi connectivity index (χ0v) is 17.7. The molecule has 0 spiro atoms. The van der Waals surface area contributed by atoms with E-state index in [0.29, 0.717) is 25.8 Å². The highest BCUT2D eigenvalue weighted by molar-refractivity contribution is 5.86. The molecular weight excluding hydrogens is 366 g/mol. The zero-order valence-electron chi connectivity index (χ0n) is 17.7. The second kappa shape index (κ2) is 10.3. The van der Waals surface area contributed by atoms with Gasteiger partial charge in [0.1, 0.15) is 11.6 Å². The third kappa shape index (κ3) is 7.01. The maximum absolute atomic E-state index is 12.4. The molecule has 0 saturated carbocycles. The number of nitrogens with zero attached hydrogens (tertiary/aromatic N) is 1. The van der Waals surface area contributed by atoms with E-state index in [1.807, 2.05) is 6.92 Å². The molecule has 0 aromatic carbocycles. The Labute approximate surface area is 166 Å². The van der Waals surface area contributed by atoms with Crippen LogP contribution in [0.3, 0.4) is 0 Å². The minimum atomic E-state index is -0.755. The molecule has 3 atom stereocenters. The van der Waals surface area contributed by atoms with Gasteiger partial charge in [0, 0.05) is 19.6 Å². The Hall–Kier alpha value is -2.32. The molecule has 1 saturated heterocycles. The van der Waals surface area contributed by atoms with E-state index in [1.54, 1.807) is 27.7 Å². The maximum atomic E-state index is 12.4. The first-order valence-corrected chi connectivity index (χ1v) is 9.67. The highest BCUT2D eigenvalue weighted by Gasteiger charge is 2.38. The van der Waals surface area contributed by atoms with E-state index in [2.05, 4.69) is 10.6 Å². The molecule has 0 aromatic heterocycles. The topological polar surface area (TPSA) is 114 Å². The van der Waals surface area contributed by atoms with E-state index in [0.717, 1.165) is 0 Å². The van der Waals surface area contributed by atoms with Crippen molar-refractivity contribution in [2.75, 3.05) is 20.2 Å². The lowest BCUT2D eigenvalue weighted by molar-refractivity contribution is -0.153. The van der Waals surface area contributed by atoms with Gasteiger partial charge in [0.05, 0.1) is 5.92 Å². The molecule has 1 aliphatic rings. The number of ether oxygens (including phenoxy) is 2. The van der Waals surface area contributed by atoms with Gasteiger partial charge >= 0.3 is 12.1 Å². The quantitative estimate of drug-likeness (QED) is 0.622. The number of carbonyl (C=O) groups excluding carboxylic acids is 4. The first-order valence-electron chi connectivity index (χ1n) is 9.67. The van der Waals surface area contributed by atoms with Gasteiger partial charge in [0.25, 0.3) is 5.91 Å². The van der Waals surface area contributed by atoms with E-state index in [9.17, 15) is 19.2 Å². The number of amides is 3. The summed E-state index contributed by atoms with van der Waals surface area (Å²) in [6, 6.07) is -1.12. The van der Waals surface area contributed by atoms with Gasteiger partial charge in [-0.1, -0.05) is 13.8 Å². The molecule has 0 unspecified atom stereocenters. The first-order chi connectivity index (χ1) is 13.0. The van der Waals surface area contributed by atoms with Crippen LogP contribution in [-0.2, 0) is 23.9 Å². The molecule has 3 amide bonds. The average Bonchev–Trinajstić information content (AvgIpc) is 3.11. The number of esters is 1. The molecule has 1 fully saturated rings. The second-order valence-electron chi connectivity index (χ2n) is 7.92. The summed E-state index contributed by atoms with van der Waals surface area (Å²) >= 11 is 0. The Balaban J connectivity index is 2.57. The summed E-state index contributed by atoms with van der Waals surface area (Å²) in [6.07, 6.45) is 1.11. The molecule has 0 radical (unpaired) electrons. The molecule has 2 N–H and O–H groups in total. The molecule has 0 aliphatic carbocycles. The molecular formula is C19H33N3O6. The average molecular weight is 399 g/mol. The van der Waals surface area contributed by atoms with Crippen LogP contribution in [0.1, 0.15) is 53.9 Å². The summed E-state index contributed by atoms with van der Waals surface area (Å²) in [5.74, 6) is -1.71. The van der Waals surface area contributed by atoms with Gasteiger partial charge in [0.2, 0.25) is 5.91 Å². The maximum Gasteiger partial charge on any atom is 0.411 e. The van der Waals surface area contributed by atoms with Crippen LogP contribution < -0.4 is 10.6 Å². The standard InChI is InChI=1S/C19H33N3O6/c1-7-13(12(2)16(24)20-6)21-15(23)11-27-17(25)14-9-8-10-22(14)18(26)28-19(3,4)5/h12-14H,7-11H2,1-6H3,(H,20,24)(H,21,23)/t12-,13+,14-/m0/s1. The van der Waals surface area contributed by atoms with Crippen LogP contribution in [0.25, 0.3) is 0 Å². The lowest BCUT2D eigenvalue weighted by atomic mass is 9.98. The van der Waals surface area contributed by atoms with Gasteiger partial charge in [-0.2, -0.15) is 0 Å².